The fourth-order valence-corrected chi connectivity index (χ4v) is 6.01. The Balaban J connectivity index is 1.38. The van der Waals surface area contributed by atoms with Crippen molar-refractivity contribution in [3.05, 3.63) is 35.4 Å². The van der Waals surface area contributed by atoms with Gasteiger partial charge >= 0.3 is 0 Å². The summed E-state index contributed by atoms with van der Waals surface area (Å²) in [5.41, 5.74) is 7.39. The molecule has 6 nitrogen and oxygen atoms in total. The maximum absolute atomic E-state index is 6.45. The summed E-state index contributed by atoms with van der Waals surface area (Å²) < 4.78 is 19.1. The van der Waals surface area contributed by atoms with E-state index in [1.807, 2.05) is 19.1 Å². The Morgan fingerprint density at radius 2 is 1.79 bits per heavy atom. The fourth-order valence-electron chi connectivity index (χ4n) is 6.01. The lowest BCUT2D eigenvalue weighted by Crippen LogP contribution is -2.70. The molecule has 0 aromatic heterocycles. The molecule has 4 aliphatic heterocycles. The molecule has 0 radical (unpaired) electrons. The summed E-state index contributed by atoms with van der Waals surface area (Å²) in [4.78, 5) is 12.0. The van der Waals surface area contributed by atoms with Crippen LogP contribution < -0.4 is 5.73 Å². The molecule has 8 atom stereocenters. The van der Waals surface area contributed by atoms with Crippen LogP contribution in [0.1, 0.15) is 57.6 Å². The standard InChI is InChI=1S/C23H33NO5/c1-14-4-9-19-15(2)20(25-13-17-7-5-16(12-24)6-8-17)26-21-23(19)18(14)10-11-22(3,27-21)28-29-23/h5-8,14-15,18-21H,4,9-13,24H2,1-3H3/t14-,15-,18+,19?,20+,21-,22?,23-/m1/s1. The molecule has 2 N–H and O–H groups in total. The van der Waals surface area contributed by atoms with Gasteiger partial charge in [0.15, 0.2) is 18.2 Å². The molecule has 5 aliphatic rings. The van der Waals surface area contributed by atoms with Gasteiger partial charge in [-0.05, 0) is 49.1 Å². The summed E-state index contributed by atoms with van der Waals surface area (Å²) in [5, 5.41) is 0. The van der Waals surface area contributed by atoms with Gasteiger partial charge in [-0.1, -0.05) is 38.1 Å². The maximum Gasteiger partial charge on any atom is 0.201 e. The first-order valence-electron chi connectivity index (χ1n) is 11.0. The first-order chi connectivity index (χ1) is 13.9. The molecule has 5 fully saturated rings. The van der Waals surface area contributed by atoms with Crippen LogP contribution in [0.5, 0.6) is 0 Å². The van der Waals surface area contributed by atoms with Crippen molar-refractivity contribution in [2.45, 2.75) is 83.6 Å². The molecule has 1 spiro atoms. The van der Waals surface area contributed by atoms with Crippen LogP contribution in [0.3, 0.4) is 0 Å². The van der Waals surface area contributed by atoms with Crippen molar-refractivity contribution in [2.24, 2.45) is 29.4 Å². The van der Waals surface area contributed by atoms with E-state index in [1.165, 1.54) is 6.42 Å². The van der Waals surface area contributed by atoms with Crippen molar-refractivity contribution >= 4 is 0 Å². The van der Waals surface area contributed by atoms with E-state index in [2.05, 4.69) is 26.0 Å². The first-order valence-corrected chi connectivity index (χ1v) is 11.0. The Kier molecular flexibility index (Phi) is 5.01. The van der Waals surface area contributed by atoms with Crippen LogP contribution in [-0.2, 0) is 37.1 Å². The van der Waals surface area contributed by atoms with Crippen LogP contribution in [0.4, 0.5) is 0 Å². The number of hydrogen-bond donors (Lipinski definition) is 1. The lowest BCUT2D eigenvalue weighted by Gasteiger charge is -2.60. The largest absolute Gasteiger partial charge is 0.348 e. The number of benzene rings is 1. The maximum atomic E-state index is 6.45. The number of hydrogen-bond acceptors (Lipinski definition) is 6. The van der Waals surface area contributed by atoms with E-state index in [1.54, 1.807) is 0 Å². The number of ether oxygens (including phenoxy) is 3. The van der Waals surface area contributed by atoms with Gasteiger partial charge in [-0.2, -0.15) is 0 Å². The number of nitrogens with two attached hydrogens (primary N) is 1. The second kappa shape index (κ2) is 7.29. The van der Waals surface area contributed by atoms with Gasteiger partial charge < -0.3 is 19.9 Å². The van der Waals surface area contributed by atoms with Crippen molar-refractivity contribution in [2.75, 3.05) is 0 Å². The number of fused-ring (bicyclic) bond motifs is 2. The third-order valence-corrected chi connectivity index (χ3v) is 7.77. The summed E-state index contributed by atoms with van der Waals surface area (Å²) in [5.74, 6) is 0.674. The van der Waals surface area contributed by atoms with Crippen molar-refractivity contribution in [1.82, 2.24) is 0 Å². The zero-order chi connectivity index (χ0) is 20.2. The molecule has 6 rings (SSSR count). The van der Waals surface area contributed by atoms with Crippen LogP contribution in [0, 0.1) is 23.7 Å². The van der Waals surface area contributed by atoms with E-state index in [0.29, 0.717) is 25.0 Å². The Morgan fingerprint density at radius 1 is 1.03 bits per heavy atom. The van der Waals surface area contributed by atoms with Crippen LogP contribution in [0.25, 0.3) is 0 Å². The highest BCUT2D eigenvalue weighted by Gasteiger charge is 2.69. The summed E-state index contributed by atoms with van der Waals surface area (Å²) >= 11 is 0. The lowest BCUT2D eigenvalue weighted by molar-refractivity contribution is -0.577. The van der Waals surface area contributed by atoms with Gasteiger partial charge in [0.25, 0.3) is 0 Å². The average Bonchev–Trinajstić information content (AvgIpc) is 2.96. The molecular formula is C23H33NO5. The minimum absolute atomic E-state index is 0.194. The summed E-state index contributed by atoms with van der Waals surface area (Å²) in [7, 11) is 0. The van der Waals surface area contributed by atoms with E-state index in [0.717, 1.165) is 30.4 Å². The monoisotopic (exact) mass is 403 g/mol. The van der Waals surface area contributed by atoms with Gasteiger partial charge in [0.2, 0.25) is 5.79 Å². The van der Waals surface area contributed by atoms with Crippen molar-refractivity contribution in [3.63, 3.8) is 0 Å². The molecule has 29 heavy (non-hydrogen) atoms. The molecule has 2 bridgehead atoms. The predicted octanol–water partition coefficient (Wildman–Crippen LogP) is 3.87. The minimum Gasteiger partial charge on any atom is -0.348 e. The molecule has 4 saturated heterocycles. The van der Waals surface area contributed by atoms with Crippen LogP contribution in [0.2, 0.25) is 0 Å². The molecule has 1 aromatic carbocycles. The molecule has 1 aliphatic carbocycles. The topological polar surface area (TPSA) is 72.2 Å². The SMILES string of the molecule is C[C@@H]1CCC2[C@@H](C)[C@@H](OCc3ccc(CN)cc3)O[C@@H]3OC4(C)CC[C@@H]1[C@@]23OO4. The van der Waals surface area contributed by atoms with E-state index in [4.69, 9.17) is 29.7 Å². The van der Waals surface area contributed by atoms with Crippen molar-refractivity contribution in [1.29, 1.82) is 0 Å². The quantitative estimate of drug-likeness (QED) is 0.770. The van der Waals surface area contributed by atoms with Gasteiger partial charge in [-0.15, -0.1) is 0 Å². The van der Waals surface area contributed by atoms with E-state index >= 15 is 0 Å². The molecule has 2 unspecified atom stereocenters. The second-order valence-corrected chi connectivity index (χ2v) is 9.61. The Labute approximate surface area is 172 Å². The molecule has 1 saturated carbocycles. The fraction of sp³-hybridized carbons (Fsp3) is 0.739. The van der Waals surface area contributed by atoms with Crippen molar-refractivity contribution in [3.8, 4) is 0 Å². The van der Waals surface area contributed by atoms with Gasteiger partial charge in [0.05, 0.1) is 6.61 Å². The summed E-state index contributed by atoms with van der Waals surface area (Å²) in [6, 6.07) is 8.23. The molecular weight excluding hydrogens is 370 g/mol. The molecule has 0 amide bonds. The second-order valence-electron chi connectivity index (χ2n) is 9.61. The molecule has 4 heterocycles. The van der Waals surface area contributed by atoms with Crippen LogP contribution in [-0.4, -0.2) is 24.0 Å². The van der Waals surface area contributed by atoms with E-state index in [-0.39, 0.29) is 18.1 Å². The Hall–Kier alpha value is -1.02. The highest BCUT2D eigenvalue weighted by Crippen LogP contribution is 2.60. The Morgan fingerprint density at radius 3 is 2.55 bits per heavy atom. The highest BCUT2D eigenvalue weighted by molar-refractivity contribution is 5.21. The lowest BCUT2D eigenvalue weighted by atomic mass is 9.58. The third kappa shape index (κ3) is 3.16. The van der Waals surface area contributed by atoms with Crippen LogP contribution in [0.15, 0.2) is 24.3 Å². The minimum atomic E-state index is -0.749. The van der Waals surface area contributed by atoms with Gasteiger partial charge in [0, 0.05) is 24.8 Å². The summed E-state index contributed by atoms with van der Waals surface area (Å²) in [6.07, 6.45) is 3.35. The highest BCUT2D eigenvalue weighted by atomic mass is 17.3. The average molecular weight is 404 g/mol. The van der Waals surface area contributed by atoms with Gasteiger partial charge in [-0.3, -0.25) is 0 Å². The number of rotatable bonds is 4. The molecule has 6 heteroatoms. The third-order valence-electron chi connectivity index (χ3n) is 7.77. The summed E-state index contributed by atoms with van der Waals surface area (Å²) in [6.45, 7) is 7.54. The smallest absolute Gasteiger partial charge is 0.201 e. The first kappa shape index (κ1) is 19.9. The molecule has 1 aromatic rings. The zero-order valence-electron chi connectivity index (χ0n) is 17.6. The zero-order valence-corrected chi connectivity index (χ0v) is 17.6. The van der Waals surface area contributed by atoms with Gasteiger partial charge in [-0.25, -0.2) is 9.78 Å². The van der Waals surface area contributed by atoms with Crippen LogP contribution >= 0.6 is 0 Å². The molecule has 160 valence electrons. The van der Waals surface area contributed by atoms with E-state index in [9.17, 15) is 0 Å². The van der Waals surface area contributed by atoms with E-state index < -0.39 is 17.7 Å². The van der Waals surface area contributed by atoms with Gasteiger partial charge in [0.1, 0.15) is 0 Å². The normalized spacial score (nSPS) is 46.2. The van der Waals surface area contributed by atoms with Crippen molar-refractivity contribution < 1.29 is 24.0 Å². The Bertz CT molecular complexity index is 741. The predicted molar refractivity (Wildman–Crippen MR) is 106 cm³/mol.